The molecule has 5 aromatic rings. The van der Waals surface area contributed by atoms with E-state index in [1.807, 2.05) is 12.3 Å². The molecule has 1 atom stereocenters. The van der Waals surface area contributed by atoms with Gasteiger partial charge in [0, 0.05) is 29.2 Å². The van der Waals surface area contributed by atoms with Crippen LogP contribution in [-0.2, 0) is 6.54 Å². The zero-order valence-corrected chi connectivity index (χ0v) is 16.9. The number of aromatic amines is 2. The fourth-order valence-corrected chi connectivity index (χ4v) is 4.12. The highest BCUT2D eigenvalue weighted by atomic mass is 15.2. The maximum Gasteiger partial charge on any atom is 0.128 e. The van der Waals surface area contributed by atoms with Crippen molar-refractivity contribution in [3.05, 3.63) is 114 Å². The van der Waals surface area contributed by atoms with Gasteiger partial charge in [0.05, 0.1) is 17.9 Å². The standard InChI is InChI=1S/C26H24N4/c1-30(18-19-10-4-2-5-11-19)25(22-16-27-23-15-9-8-14-21(22)23)26-28-17-24(29-26)20-12-6-3-7-13-20/h2-17,25,27H,18H2,1H3,(H,28,29). The highest BCUT2D eigenvalue weighted by molar-refractivity contribution is 5.84. The first-order valence-corrected chi connectivity index (χ1v) is 10.2. The number of para-hydroxylation sites is 1. The van der Waals surface area contributed by atoms with Gasteiger partial charge in [-0.15, -0.1) is 0 Å². The van der Waals surface area contributed by atoms with Crippen LogP contribution in [0.1, 0.15) is 23.0 Å². The summed E-state index contributed by atoms with van der Waals surface area (Å²) in [7, 11) is 2.16. The summed E-state index contributed by atoms with van der Waals surface area (Å²) in [6, 6.07) is 29.3. The van der Waals surface area contributed by atoms with Gasteiger partial charge >= 0.3 is 0 Å². The Labute approximate surface area is 176 Å². The molecule has 4 nitrogen and oxygen atoms in total. The Kier molecular flexibility index (Phi) is 4.91. The number of hydrogen-bond acceptors (Lipinski definition) is 2. The van der Waals surface area contributed by atoms with Crippen molar-refractivity contribution in [3.63, 3.8) is 0 Å². The van der Waals surface area contributed by atoms with Crippen molar-refractivity contribution in [2.75, 3.05) is 7.05 Å². The molecule has 5 rings (SSSR count). The molecule has 2 heterocycles. The van der Waals surface area contributed by atoms with E-state index in [4.69, 9.17) is 4.98 Å². The number of H-pyrrole nitrogens is 2. The van der Waals surface area contributed by atoms with Gasteiger partial charge in [-0.3, -0.25) is 4.90 Å². The molecule has 3 aromatic carbocycles. The Bertz CT molecular complexity index is 1240. The van der Waals surface area contributed by atoms with Crippen LogP contribution >= 0.6 is 0 Å². The van der Waals surface area contributed by atoms with Gasteiger partial charge < -0.3 is 9.97 Å². The van der Waals surface area contributed by atoms with Crippen molar-refractivity contribution in [1.82, 2.24) is 19.9 Å². The molecule has 4 heteroatoms. The first kappa shape index (κ1) is 18.4. The second kappa shape index (κ2) is 8.01. The van der Waals surface area contributed by atoms with Gasteiger partial charge in [0.25, 0.3) is 0 Å². The maximum atomic E-state index is 4.81. The van der Waals surface area contributed by atoms with E-state index in [1.165, 1.54) is 16.5 Å². The van der Waals surface area contributed by atoms with E-state index in [1.54, 1.807) is 0 Å². The number of fused-ring (bicyclic) bond motifs is 1. The van der Waals surface area contributed by atoms with Gasteiger partial charge in [-0.25, -0.2) is 4.98 Å². The van der Waals surface area contributed by atoms with Gasteiger partial charge in [0.2, 0.25) is 0 Å². The van der Waals surface area contributed by atoms with Crippen molar-refractivity contribution in [2.45, 2.75) is 12.6 Å². The van der Waals surface area contributed by atoms with Crippen molar-refractivity contribution in [2.24, 2.45) is 0 Å². The van der Waals surface area contributed by atoms with Gasteiger partial charge in [-0.1, -0.05) is 78.9 Å². The van der Waals surface area contributed by atoms with Crippen molar-refractivity contribution in [3.8, 4) is 11.3 Å². The molecular weight excluding hydrogens is 368 g/mol. The number of nitrogens with zero attached hydrogens (tertiary/aromatic N) is 2. The van der Waals surface area contributed by atoms with E-state index in [0.717, 1.165) is 29.1 Å². The largest absolute Gasteiger partial charge is 0.361 e. The monoisotopic (exact) mass is 392 g/mol. The summed E-state index contributed by atoms with van der Waals surface area (Å²) in [5.74, 6) is 0.942. The average molecular weight is 393 g/mol. The van der Waals surface area contributed by atoms with Crippen molar-refractivity contribution in [1.29, 1.82) is 0 Å². The number of imidazole rings is 1. The first-order valence-electron chi connectivity index (χ1n) is 10.2. The smallest absolute Gasteiger partial charge is 0.128 e. The molecule has 1 unspecified atom stereocenters. The van der Waals surface area contributed by atoms with Crippen LogP contribution in [0.2, 0.25) is 0 Å². The van der Waals surface area contributed by atoms with E-state index in [2.05, 4.69) is 107 Å². The Morgan fingerprint density at radius 2 is 1.57 bits per heavy atom. The van der Waals surface area contributed by atoms with Gasteiger partial charge in [-0.05, 0) is 24.2 Å². The molecule has 0 saturated heterocycles. The lowest BCUT2D eigenvalue weighted by Gasteiger charge is -2.26. The maximum absolute atomic E-state index is 4.81. The SMILES string of the molecule is CN(Cc1ccccc1)C(c1ncc(-c2ccccc2)[nH]1)c1c[nH]c2ccccc12. The third-order valence-electron chi connectivity index (χ3n) is 5.57. The summed E-state index contributed by atoms with van der Waals surface area (Å²) < 4.78 is 0. The van der Waals surface area contributed by atoms with Crippen LogP contribution in [0.5, 0.6) is 0 Å². The molecule has 148 valence electrons. The molecule has 0 radical (unpaired) electrons. The molecule has 0 spiro atoms. The van der Waals surface area contributed by atoms with Crippen LogP contribution in [0.3, 0.4) is 0 Å². The van der Waals surface area contributed by atoms with Crippen LogP contribution in [0, 0.1) is 0 Å². The summed E-state index contributed by atoms with van der Waals surface area (Å²) in [6.45, 7) is 0.826. The lowest BCUT2D eigenvalue weighted by atomic mass is 10.0. The molecule has 0 saturated carbocycles. The van der Waals surface area contributed by atoms with Crippen LogP contribution in [0.4, 0.5) is 0 Å². The third kappa shape index (κ3) is 3.53. The molecule has 2 aromatic heterocycles. The predicted molar refractivity (Wildman–Crippen MR) is 122 cm³/mol. The number of aromatic nitrogens is 3. The third-order valence-corrected chi connectivity index (χ3v) is 5.57. The number of rotatable bonds is 6. The summed E-state index contributed by atoms with van der Waals surface area (Å²) in [6.07, 6.45) is 4.05. The van der Waals surface area contributed by atoms with Crippen LogP contribution in [0.25, 0.3) is 22.2 Å². The minimum absolute atomic E-state index is 0.00109. The molecule has 0 aliphatic carbocycles. The second-order valence-corrected chi connectivity index (χ2v) is 7.64. The van der Waals surface area contributed by atoms with E-state index >= 15 is 0 Å². The molecule has 0 bridgehead atoms. The normalized spacial score (nSPS) is 12.5. The summed E-state index contributed by atoms with van der Waals surface area (Å²) in [5.41, 5.74) is 5.81. The number of nitrogens with one attached hydrogen (secondary N) is 2. The van der Waals surface area contributed by atoms with E-state index < -0.39 is 0 Å². The highest BCUT2D eigenvalue weighted by Gasteiger charge is 2.25. The molecule has 0 amide bonds. The van der Waals surface area contributed by atoms with E-state index in [9.17, 15) is 0 Å². The zero-order valence-electron chi connectivity index (χ0n) is 16.9. The minimum Gasteiger partial charge on any atom is -0.361 e. The number of hydrogen-bond donors (Lipinski definition) is 2. The van der Waals surface area contributed by atoms with Crippen LogP contribution in [0.15, 0.2) is 97.3 Å². The highest BCUT2D eigenvalue weighted by Crippen LogP contribution is 2.33. The summed E-state index contributed by atoms with van der Waals surface area (Å²) in [5, 5.41) is 1.22. The second-order valence-electron chi connectivity index (χ2n) is 7.64. The van der Waals surface area contributed by atoms with Gasteiger partial charge in [0.1, 0.15) is 5.82 Å². The van der Waals surface area contributed by atoms with Crippen LogP contribution < -0.4 is 0 Å². The van der Waals surface area contributed by atoms with Crippen molar-refractivity contribution < 1.29 is 0 Å². The summed E-state index contributed by atoms with van der Waals surface area (Å²) in [4.78, 5) is 14.2. The molecule has 0 aliphatic heterocycles. The predicted octanol–water partition coefficient (Wildman–Crippen LogP) is 5.78. The van der Waals surface area contributed by atoms with Crippen LogP contribution in [-0.4, -0.2) is 26.9 Å². The number of benzene rings is 3. The average Bonchev–Trinajstić information content (AvgIpc) is 3.44. The fourth-order valence-electron chi connectivity index (χ4n) is 4.12. The Morgan fingerprint density at radius 3 is 2.37 bits per heavy atom. The molecular formula is C26H24N4. The molecule has 2 N–H and O–H groups in total. The quantitative estimate of drug-likeness (QED) is 0.385. The Hall–Kier alpha value is -3.63. The fraction of sp³-hybridized carbons (Fsp3) is 0.115. The topological polar surface area (TPSA) is 47.7 Å². The van der Waals surface area contributed by atoms with Crippen molar-refractivity contribution >= 4 is 10.9 Å². The zero-order chi connectivity index (χ0) is 20.3. The molecule has 0 aliphatic rings. The first-order chi connectivity index (χ1) is 14.8. The molecule has 0 fully saturated rings. The molecule has 30 heavy (non-hydrogen) atoms. The lowest BCUT2D eigenvalue weighted by Crippen LogP contribution is -2.26. The van der Waals surface area contributed by atoms with Gasteiger partial charge in [-0.2, -0.15) is 0 Å². The lowest BCUT2D eigenvalue weighted by molar-refractivity contribution is 0.264. The van der Waals surface area contributed by atoms with Gasteiger partial charge in [0.15, 0.2) is 0 Å². The van der Waals surface area contributed by atoms with E-state index in [-0.39, 0.29) is 6.04 Å². The Balaban J connectivity index is 1.57. The summed E-state index contributed by atoms with van der Waals surface area (Å²) >= 11 is 0. The minimum atomic E-state index is -0.00109. The van der Waals surface area contributed by atoms with E-state index in [0.29, 0.717) is 0 Å². The Morgan fingerprint density at radius 1 is 0.867 bits per heavy atom.